The first-order chi connectivity index (χ1) is 11.6. The Balaban J connectivity index is 1.68. The van der Waals surface area contributed by atoms with Crippen LogP contribution in [0.2, 0.25) is 0 Å². The van der Waals surface area contributed by atoms with E-state index < -0.39 is 0 Å². The summed E-state index contributed by atoms with van der Waals surface area (Å²) < 4.78 is 1.13. The first-order valence-corrected chi connectivity index (χ1v) is 7.40. The van der Waals surface area contributed by atoms with Gasteiger partial charge in [0.05, 0.1) is 0 Å². The third-order valence-corrected chi connectivity index (χ3v) is 3.40. The molecule has 0 unspecified atom stereocenters. The lowest BCUT2D eigenvalue weighted by atomic mass is 10.2. The van der Waals surface area contributed by atoms with Crippen molar-refractivity contribution < 1.29 is 4.79 Å². The summed E-state index contributed by atoms with van der Waals surface area (Å²) >= 11 is 0. The van der Waals surface area contributed by atoms with E-state index in [1.54, 1.807) is 12.1 Å². The van der Waals surface area contributed by atoms with Gasteiger partial charge in [-0.2, -0.15) is 5.10 Å². The molecule has 0 aliphatic heterocycles. The summed E-state index contributed by atoms with van der Waals surface area (Å²) in [4.78, 5) is 23.5. The minimum absolute atomic E-state index is 0.184. The highest BCUT2D eigenvalue weighted by Crippen LogP contribution is 2.18. The van der Waals surface area contributed by atoms with Crippen LogP contribution in [0.1, 0.15) is 10.5 Å². The number of aryl methyl sites for hydroxylation is 1. The van der Waals surface area contributed by atoms with E-state index in [0.29, 0.717) is 5.69 Å². The summed E-state index contributed by atoms with van der Waals surface area (Å²) in [6.45, 7) is 0. The molecule has 24 heavy (non-hydrogen) atoms. The first-order valence-electron chi connectivity index (χ1n) is 7.40. The number of benzene rings is 2. The largest absolute Gasteiger partial charge is 0.356 e. The first kappa shape index (κ1) is 15.5. The number of carbonyl (C=O) groups excluding carboxylic acids is 1. The van der Waals surface area contributed by atoms with Gasteiger partial charge in [-0.3, -0.25) is 9.59 Å². The van der Waals surface area contributed by atoms with E-state index in [2.05, 4.69) is 15.7 Å². The van der Waals surface area contributed by atoms with Crippen molar-refractivity contribution in [2.75, 3.05) is 10.6 Å². The summed E-state index contributed by atoms with van der Waals surface area (Å²) in [5.41, 5.74) is 2.48. The van der Waals surface area contributed by atoms with E-state index in [-0.39, 0.29) is 17.2 Å². The number of aromatic nitrogens is 2. The molecule has 3 aromatic rings. The average molecular weight is 320 g/mol. The second-order valence-corrected chi connectivity index (χ2v) is 5.20. The van der Waals surface area contributed by atoms with Crippen LogP contribution in [0, 0.1) is 0 Å². The second-order valence-electron chi connectivity index (χ2n) is 5.20. The Labute approximate surface area is 138 Å². The van der Waals surface area contributed by atoms with Gasteiger partial charge in [-0.25, -0.2) is 4.68 Å². The Morgan fingerprint density at radius 3 is 2.17 bits per heavy atom. The Kier molecular flexibility index (Phi) is 4.38. The highest BCUT2D eigenvalue weighted by atomic mass is 16.2. The van der Waals surface area contributed by atoms with Crippen LogP contribution in [0.3, 0.4) is 0 Å². The number of hydrogen-bond acceptors (Lipinski definition) is 4. The molecular weight excluding hydrogens is 304 g/mol. The lowest BCUT2D eigenvalue weighted by Gasteiger charge is -2.08. The predicted molar refractivity (Wildman–Crippen MR) is 93.6 cm³/mol. The smallest absolute Gasteiger partial charge is 0.276 e. The topological polar surface area (TPSA) is 76.0 Å². The maximum Gasteiger partial charge on any atom is 0.276 e. The molecule has 1 amide bonds. The molecule has 0 saturated carbocycles. The van der Waals surface area contributed by atoms with Crippen LogP contribution in [0.15, 0.2) is 71.5 Å². The molecule has 0 atom stereocenters. The van der Waals surface area contributed by atoms with Crippen LogP contribution in [0.4, 0.5) is 17.1 Å². The average Bonchev–Trinajstić information content (AvgIpc) is 2.60. The van der Waals surface area contributed by atoms with E-state index in [9.17, 15) is 9.59 Å². The molecule has 0 radical (unpaired) electrons. The highest BCUT2D eigenvalue weighted by Gasteiger charge is 2.09. The monoisotopic (exact) mass is 320 g/mol. The molecule has 0 bridgehead atoms. The number of para-hydroxylation sites is 1. The van der Waals surface area contributed by atoms with Gasteiger partial charge in [0.1, 0.15) is 5.69 Å². The highest BCUT2D eigenvalue weighted by molar-refractivity contribution is 6.02. The van der Waals surface area contributed by atoms with Gasteiger partial charge in [0.15, 0.2) is 0 Å². The standard InChI is InChI=1S/C18H16N4O2/c1-22-17(23)12-11-16(21-22)18(24)20-15-9-7-14(8-10-15)19-13-5-3-2-4-6-13/h2-12,19H,1H3,(H,20,24). The van der Waals surface area contributed by atoms with Crippen LogP contribution in [-0.2, 0) is 7.05 Å². The van der Waals surface area contributed by atoms with Crippen LogP contribution in [0.5, 0.6) is 0 Å². The van der Waals surface area contributed by atoms with Crippen molar-refractivity contribution in [3.8, 4) is 0 Å². The zero-order valence-corrected chi connectivity index (χ0v) is 13.1. The van der Waals surface area contributed by atoms with Crippen molar-refractivity contribution in [1.29, 1.82) is 0 Å². The lowest BCUT2D eigenvalue weighted by Crippen LogP contribution is -2.23. The normalized spacial score (nSPS) is 10.2. The molecule has 1 aromatic heterocycles. The summed E-state index contributed by atoms with van der Waals surface area (Å²) in [5.74, 6) is -0.366. The van der Waals surface area contributed by atoms with Crippen LogP contribution in [-0.4, -0.2) is 15.7 Å². The molecule has 6 heteroatoms. The van der Waals surface area contributed by atoms with Crippen LogP contribution >= 0.6 is 0 Å². The van der Waals surface area contributed by atoms with E-state index >= 15 is 0 Å². The summed E-state index contributed by atoms with van der Waals surface area (Å²) in [6, 6.07) is 19.9. The van der Waals surface area contributed by atoms with Gasteiger partial charge in [-0.05, 0) is 42.5 Å². The van der Waals surface area contributed by atoms with Crippen molar-refractivity contribution in [1.82, 2.24) is 9.78 Å². The van der Waals surface area contributed by atoms with Crippen molar-refractivity contribution in [2.45, 2.75) is 0 Å². The van der Waals surface area contributed by atoms with Gasteiger partial charge < -0.3 is 10.6 Å². The second kappa shape index (κ2) is 6.78. The van der Waals surface area contributed by atoms with Crippen LogP contribution < -0.4 is 16.2 Å². The fourth-order valence-electron chi connectivity index (χ4n) is 2.14. The number of rotatable bonds is 4. The molecule has 2 aromatic carbocycles. The predicted octanol–water partition coefficient (Wildman–Crippen LogP) is 2.78. The Bertz CT molecular complexity index is 902. The molecule has 3 rings (SSSR count). The molecular formula is C18H16N4O2. The van der Waals surface area contributed by atoms with Gasteiger partial charge in [-0.15, -0.1) is 0 Å². The SMILES string of the molecule is Cn1nc(C(=O)Nc2ccc(Nc3ccccc3)cc2)ccc1=O. The molecule has 0 fully saturated rings. The Hall–Kier alpha value is -3.41. The third-order valence-electron chi connectivity index (χ3n) is 3.40. The molecule has 0 saturated heterocycles. The number of nitrogens with zero attached hydrogens (tertiary/aromatic N) is 2. The summed E-state index contributed by atoms with van der Waals surface area (Å²) in [6.07, 6.45) is 0. The summed E-state index contributed by atoms with van der Waals surface area (Å²) in [5, 5.41) is 9.94. The van der Waals surface area contributed by atoms with E-state index in [1.165, 1.54) is 19.2 Å². The third kappa shape index (κ3) is 3.67. The van der Waals surface area contributed by atoms with E-state index in [0.717, 1.165) is 16.1 Å². The molecule has 120 valence electrons. The molecule has 6 nitrogen and oxygen atoms in total. The number of nitrogens with one attached hydrogen (secondary N) is 2. The quantitative estimate of drug-likeness (QED) is 0.775. The number of hydrogen-bond donors (Lipinski definition) is 2. The molecule has 2 N–H and O–H groups in total. The fraction of sp³-hybridized carbons (Fsp3) is 0.0556. The van der Waals surface area contributed by atoms with E-state index in [1.807, 2.05) is 42.5 Å². The van der Waals surface area contributed by atoms with Gasteiger partial charge >= 0.3 is 0 Å². The van der Waals surface area contributed by atoms with E-state index in [4.69, 9.17) is 0 Å². The Morgan fingerprint density at radius 1 is 0.875 bits per heavy atom. The molecule has 0 spiro atoms. The lowest BCUT2D eigenvalue weighted by molar-refractivity contribution is 0.102. The maximum atomic E-state index is 12.1. The van der Waals surface area contributed by atoms with Gasteiger partial charge in [0.25, 0.3) is 11.5 Å². The van der Waals surface area contributed by atoms with Crippen molar-refractivity contribution in [2.24, 2.45) is 7.05 Å². The molecule has 0 aliphatic rings. The minimum Gasteiger partial charge on any atom is -0.356 e. The number of carbonyl (C=O) groups is 1. The van der Waals surface area contributed by atoms with Gasteiger partial charge in [0.2, 0.25) is 0 Å². The van der Waals surface area contributed by atoms with Crippen molar-refractivity contribution >= 4 is 23.0 Å². The zero-order chi connectivity index (χ0) is 16.9. The Morgan fingerprint density at radius 2 is 1.50 bits per heavy atom. The molecule has 1 heterocycles. The number of anilines is 3. The molecule has 0 aliphatic carbocycles. The maximum absolute atomic E-state index is 12.1. The van der Waals surface area contributed by atoms with Crippen LogP contribution in [0.25, 0.3) is 0 Å². The number of amides is 1. The fourth-order valence-corrected chi connectivity index (χ4v) is 2.14. The zero-order valence-electron chi connectivity index (χ0n) is 13.1. The minimum atomic E-state index is -0.366. The van der Waals surface area contributed by atoms with Gasteiger partial charge in [0, 0.05) is 30.2 Å². The van der Waals surface area contributed by atoms with Crippen molar-refractivity contribution in [3.05, 3.63) is 82.8 Å². The van der Waals surface area contributed by atoms with Gasteiger partial charge in [-0.1, -0.05) is 18.2 Å². The van der Waals surface area contributed by atoms with Crippen molar-refractivity contribution in [3.63, 3.8) is 0 Å². The summed E-state index contributed by atoms with van der Waals surface area (Å²) in [7, 11) is 1.50.